The van der Waals surface area contributed by atoms with Gasteiger partial charge in [-0.1, -0.05) is 43.3 Å². The van der Waals surface area contributed by atoms with Crippen LogP contribution in [0.25, 0.3) is 5.82 Å². The molecule has 2 N–H and O–H groups in total. The molecule has 2 aromatic heterocycles. The first kappa shape index (κ1) is 22.7. The number of ether oxygens (including phenoxy) is 1. The lowest BCUT2D eigenvalue weighted by molar-refractivity contribution is 0.0935. The van der Waals surface area contributed by atoms with Crippen LogP contribution in [-0.4, -0.2) is 27.0 Å². The maximum Gasteiger partial charge on any atom is 0.253 e. The minimum atomic E-state index is -0.112. The molecule has 3 heterocycles. The summed E-state index contributed by atoms with van der Waals surface area (Å²) < 4.78 is 7.64. The standard InChI is InChI=1S/C28H29N5O2/c1-3-24(20-8-5-4-6-9-20)31-27(34)22-13-14-33(18-22)26-19(2)17-29-28(32-26)30-23-12-11-21-10-7-15-35-25(21)16-23/h4-6,8-9,11-14,16-18,24H,3,7,10,15H2,1-2H3,(H,31,34)(H,29,30,32). The van der Waals surface area contributed by atoms with Crippen LogP contribution in [0.4, 0.5) is 11.6 Å². The number of benzene rings is 2. The van der Waals surface area contributed by atoms with Crippen LogP contribution < -0.4 is 15.4 Å². The van der Waals surface area contributed by atoms with Gasteiger partial charge in [-0.15, -0.1) is 0 Å². The van der Waals surface area contributed by atoms with Gasteiger partial charge in [-0.05, 0) is 49.4 Å². The Kier molecular flexibility index (Phi) is 6.48. The van der Waals surface area contributed by atoms with Gasteiger partial charge in [-0.2, -0.15) is 4.98 Å². The van der Waals surface area contributed by atoms with Crippen molar-refractivity contribution in [3.63, 3.8) is 0 Å². The molecule has 35 heavy (non-hydrogen) atoms. The van der Waals surface area contributed by atoms with E-state index in [1.54, 1.807) is 12.4 Å². The molecule has 1 aliphatic rings. The molecule has 1 amide bonds. The monoisotopic (exact) mass is 467 g/mol. The molecule has 5 rings (SSSR count). The average molecular weight is 468 g/mol. The topological polar surface area (TPSA) is 81.1 Å². The van der Waals surface area contributed by atoms with Gasteiger partial charge in [-0.25, -0.2) is 4.98 Å². The number of rotatable bonds is 7. The summed E-state index contributed by atoms with van der Waals surface area (Å²) in [6, 6.07) is 17.9. The first-order valence-corrected chi connectivity index (χ1v) is 12.0. The molecule has 0 saturated carbocycles. The summed E-state index contributed by atoms with van der Waals surface area (Å²) in [5, 5.41) is 6.42. The number of nitrogens with one attached hydrogen (secondary N) is 2. The van der Waals surface area contributed by atoms with E-state index >= 15 is 0 Å². The lowest BCUT2D eigenvalue weighted by Crippen LogP contribution is -2.27. The van der Waals surface area contributed by atoms with E-state index < -0.39 is 0 Å². The SMILES string of the molecule is CCC(NC(=O)c1ccn(-c2nc(Nc3ccc4c(c3)OCCC4)ncc2C)c1)c1ccccc1. The van der Waals surface area contributed by atoms with Crippen molar-refractivity contribution in [2.24, 2.45) is 0 Å². The highest BCUT2D eigenvalue weighted by molar-refractivity contribution is 5.94. The Bertz CT molecular complexity index is 1330. The predicted octanol–water partition coefficient (Wildman–Crippen LogP) is 5.53. The maximum atomic E-state index is 13.0. The highest BCUT2D eigenvalue weighted by Crippen LogP contribution is 2.29. The van der Waals surface area contributed by atoms with Gasteiger partial charge < -0.3 is 19.9 Å². The fourth-order valence-corrected chi connectivity index (χ4v) is 4.31. The molecule has 0 spiro atoms. The van der Waals surface area contributed by atoms with Crippen LogP contribution in [0.1, 0.15) is 52.9 Å². The molecule has 0 fully saturated rings. The highest BCUT2D eigenvalue weighted by atomic mass is 16.5. The molecular formula is C28H29N5O2. The van der Waals surface area contributed by atoms with Crippen molar-refractivity contribution in [2.45, 2.75) is 39.2 Å². The summed E-state index contributed by atoms with van der Waals surface area (Å²) in [6.45, 7) is 4.76. The zero-order chi connectivity index (χ0) is 24.2. The molecule has 1 unspecified atom stereocenters. The van der Waals surface area contributed by atoms with Crippen LogP contribution in [0, 0.1) is 6.92 Å². The second kappa shape index (κ2) is 10.0. The van der Waals surface area contributed by atoms with Gasteiger partial charge in [0.05, 0.1) is 18.2 Å². The number of hydrogen-bond donors (Lipinski definition) is 2. The Morgan fingerprint density at radius 3 is 2.86 bits per heavy atom. The second-order valence-corrected chi connectivity index (χ2v) is 8.75. The summed E-state index contributed by atoms with van der Waals surface area (Å²) in [5.74, 6) is 2.00. The van der Waals surface area contributed by atoms with Gasteiger partial charge >= 0.3 is 0 Å². The van der Waals surface area contributed by atoms with E-state index in [1.807, 2.05) is 66.2 Å². The number of amides is 1. The molecule has 0 bridgehead atoms. The van der Waals surface area contributed by atoms with Crippen molar-refractivity contribution >= 4 is 17.5 Å². The summed E-state index contributed by atoms with van der Waals surface area (Å²) in [6.07, 6.45) is 8.33. The van der Waals surface area contributed by atoms with Crippen molar-refractivity contribution in [1.82, 2.24) is 19.9 Å². The third-order valence-electron chi connectivity index (χ3n) is 6.23. The first-order valence-electron chi connectivity index (χ1n) is 12.0. The molecule has 1 atom stereocenters. The molecule has 4 aromatic rings. The van der Waals surface area contributed by atoms with Crippen LogP contribution in [0.3, 0.4) is 0 Å². The highest BCUT2D eigenvalue weighted by Gasteiger charge is 2.16. The van der Waals surface area contributed by atoms with Gasteiger partial charge in [0.1, 0.15) is 11.6 Å². The largest absolute Gasteiger partial charge is 0.493 e. The molecule has 0 radical (unpaired) electrons. The van der Waals surface area contributed by atoms with Gasteiger partial charge in [0.25, 0.3) is 5.91 Å². The Morgan fingerprint density at radius 2 is 2.03 bits per heavy atom. The number of carbonyl (C=O) groups is 1. The van der Waals surface area contributed by atoms with Crippen LogP contribution in [-0.2, 0) is 6.42 Å². The molecule has 0 saturated heterocycles. The first-order chi connectivity index (χ1) is 17.1. The van der Waals surface area contributed by atoms with Crippen molar-refractivity contribution in [3.05, 3.63) is 95.4 Å². The smallest absolute Gasteiger partial charge is 0.253 e. The van der Waals surface area contributed by atoms with Gasteiger partial charge in [0, 0.05) is 35.9 Å². The molecule has 7 heteroatoms. The molecule has 7 nitrogen and oxygen atoms in total. The van der Waals surface area contributed by atoms with Gasteiger partial charge in [0.15, 0.2) is 0 Å². The van der Waals surface area contributed by atoms with E-state index in [0.717, 1.165) is 48.4 Å². The Morgan fingerprint density at radius 1 is 1.17 bits per heavy atom. The number of fused-ring (bicyclic) bond motifs is 1. The van der Waals surface area contributed by atoms with Gasteiger partial charge in [0.2, 0.25) is 5.95 Å². The van der Waals surface area contributed by atoms with E-state index in [0.29, 0.717) is 17.3 Å². The molecule has 178 valence electrons. The van der Waals surface area contributed by atoms with Crippen LogP contribution in [0.15, 0.2) is 73.2 Å². The molecular weight excluding hydrogens is 438 g/mol. The van der Waals surface area contributed by atoms with E-state index in [4.69, 9.17) is 9.72 Å². The zero-order valence-electron chi connectivity index (χ0n) is 20.0. The van der Waals surface area contributed by atoms with E-state index in [9.17, 15) is 4.79 Å². The number of hydrogen-bond acceptors (Lipinski definition) is 5. The third kappa shape index (κ3) is 5.04. The average Bonchev–Trinajstić information content (AvgIpc) is 3.39. The second-order valence-electron chi connectivity index (χ2n) is 8.75. The molecule has 0 aliphatic carbocycles. The van der Waals surface area contributed by atoms with Crippen molar-refractivity contribution in [1.29, 1.82) is 0 Å². The number of anilines is 2. The number of aryl methyl sites for hydroxylation is 2. The zero-order valence-corrected chi connectivity index (χ0v) is 20.0. The van der Waals surface area contributed by atoms with E-state index in [2.05, 4.69) is 28.6 Å². The summed E-state index contributed by atoms with van der Waals surface area (Å²) in [5.41, 5.74) is 4.68. The lowest BCUT2D eigenvalue weighted by atomic mass is 10.0. The fourth-order valence-electron chi connectivity index (χ4n) is 4.31. The van der Waals surface area contributed by atoms with Crippen molar-refractivity contribution in [2.75, 3.05) is 11.9 Å². The minimum absolute atomic E-state index is 0.0377. The van der Waals surface area contributed by atoms with Crippen molar-refractivity contribution in [3.8, 4) is 11.6 Å². The third-order valence-corrected chi connectivity index (χ3v) is 6.23. The molecule has 1 aliphatic heterocycles. The summed E-state index contributed by atoms with van der Waals surface area (Å²) in [7, 11) is 0. The normalized spacial score (nSPS) is 13.4. The van der Waals surface area contributed by atoms with Gasteiger partial charge in [-0.3, -0.25) is 4.79 Å². The van der Waals surface area contributed by atoms with Crippen LogP contribution >= 0.6 is 0 Å². The summed E-state index contributed by atoms with van der Waals surface area (Å²) >= 11 is 0. The minimum Gasteiger partial charge on any atom is -0.493 e. The van der Waals surface area contributed by atoms with E-state index in [-0.39, 0.29) is 11.9 Å². The van der Waals surface area contributed by atoms with Crippen molar-refractivity contribution < 1.29 is 9.53 Å². The van der Waals surface area contributed by atoms with Crippen LogP contribution in [0.2, 0.25) is 0 Å². The Labute approximate surface area is 205 Å². The lowest BCUT2D eigenvalue weighted by Gasteiger charge is -2.18. The maximum absolute atomic E-state index is 13.0. The Hall–Kier alpha value is -4.13. The Balaban J connectivity index is 1.33. The fraction of sp³-hybridized carbons (Fsp3) is 0.250. The summed E-state index contributed by atoms with van der Waals surface area (Å²) in [4.78, 5) is 22.1. The predicted molar refractivity (Wildman–Crippen MR) is 137 cm³/mol. The van der Waals surface area contributed by atoms with Crippen LogP contribution in [0.5, 0.6) is 5.75 Å². The quantitative estimate of drug-likeness (QED) is 0.374. The van der Waals surface area contributed by atoms with E-state index in [1.165, 1.54) is 5.56 Å². The number of aromatic nitrogens is 3. The molecule has 2 aromatic carbocycles. The number of nitrogens with zero attached hydrogens (tertiary/aromatic N) is 3. The number of carbonyl (C=O) groups excluding carboxylic acids is 1.